The number of rotatable bonds is 6. The standard InChI is InChI=1S/C33H37N5OS/c1-8-29(39)35-27-13-12-25(17-20(27)3)38-32(30(36-33(38)40)28-11-9-10-14-34-28)26-18-23(6)37(24(26)7)31-21(4)15-19(2)16-22(31)5/h9-18,30,32H,8H2,1-7H3,(H,35,39)(H,36,40)/t30-,32-/m0/s1. The largest absolute Gasteiger partial charge is 0.351 e. The molecule has 40 heavy (non-hydrogen) atoms. The van der Waals surface area contributed by atoms with Crippen LogP contribution in [0.15, 0.2) is 60.8 Å². The number of aromatic nitrogens is 2. The number of carbonyl (C=O) groups is 1. The summed E-state index contributed by atoms with van der Waals surface area (Å²) in [5.74, 6) is -0.00330. The summed E-state index contributed by atoms with van der Waals surface area (Å²) in [5, 5.41) is 7.24. The molecule has 2 atom stereocenters. The van der Waals surface area contributed by atoms with Crippen LogP contribution in [0.3, 0.4) is 0 Å². The van der Waals surface area contributed by atoms with Gasteiger partial charge in [0.2, 0.25) is 5.91 Å². The molecule has 1 aliphatic heterocycles. The first-order valence-electron chi connectivity index (χ1n) is 13.8. The highest BCUT2D eigenvalue weighted by Gasteiger charge is 2.42. The van der Waals surface area contributed by atoms with Gasteiger partial charge in [0.05, 0.1) is 23.5 Å². The van der Waals surface area contributed by atoms with E-state index in [0.717, 1.165) is 22.6 Å². The summed E-state index contributed by atoms with van der Waals surface area (Å²) in [6.07, 6.45) is 2.27. The molecule has 0 unspecified atom stereocenters. The third-order valence-electron chi connectivity index (χ3n) is 7.83. The van der Waals surface area contributed by atoms with Gasteiger partial charge in [-0.1, -0.05) is 30.7 Å². The zero-order valence-corrected chi connectivity index (χ0v) is 25.1. The van der Waals surface area contributed by atoms with Gasteiger partial charge >= 0.3 is 0 Å². The summed E-state index contributed by atoms with van der Waals surface area (Å²) in [4.78, 5) is 19.0. The lowest BCUT2D eigenvalue weighted by Crippen LogP contribution is -2.29. The third-order valence-corrected chi connectivity index (χ3v) is 8.14. The Kier molecular flexibility index (Phi) is 7.51. The second-order valence-corrected chi connectivity index (χ2v) is 11.2. The molecule has 2 N–H and O–H groups in total. The van der Waals surface area contributed by atoms with Crippen molar-refractivity contribution in [1.82, 2.24) is 14.9 Å². The molecule has 1 aliphatic rings. The fourth-order valence-electron chi connectivity index (χ4n) is 6.08. The number of nitrogens with one attached hydrogen (secondary N) is 2. The smallest absolute Gasteiger partial charge is 0.224 e. The topological polar surface area (TPSA) is 62.2 Å². The van der Waals surface area contributed by atoms with Crippen molar-refractivity contribution in [3.8, 4) is 5.69 Å². The van der Waals surface area contributed by atoms with Crippen LogP contribution in [-0.2, 0) is 4.79 Å². The Bertz CT molecular complexity index is 1580. The molecular weight excluding hydrogens is 514 g/mol. The monoisotopic (exact) mass is 551 g/mol. The molecule has 7 heteroatoms. The number of benzene rings is 2. The molecule has 0 spiro atoms. The Morgan fingerprint density at radius 3 is 2.33 bits per heavy atom. The predicted molar refractivity (Wildman–Crippen MR) is 167 cm³/mol. The fourth-order valence-corrected chi connectivity index (χ4v) is 6.43. The molecule has 0 bridgehead atoms. The Morgan fingerprint density at radius 1 is 0.975 bits per heavy atom. The molecule has 0 saturated carbocycles. The summed E-state index contributed by atoms with van der Waals surface area (Å²) in [5.41, 5.74) is 12.3. The van der Waals surface area contributed by atoms with Crippen LogP contribution in [0.5, 0.6) is 0 Å². The Balaban J connectivity index is 1.66. The van der Waals surface area contributed by atoms with E-state index in [4.69, 9.17) is 17.2 Å². The van der Waals surface area contributed by atoms with E-state index in [2.05, 4.69) is 85.1 Å². The van der Waals surface area contributed by atoms with Crippen LogP contribution in [0.2, 0.25) is 0 Å². The molecule has 1 saturated heterocycles. The van der Waals surface area contributed by atoms with Crippen LogP contribution in [0, 0.1) is 41.5 Å². The molecule has 1 fully saturated rings. The van der Waals surface area contributed by atoms with Gasteiger partial charge in [-0.25, -0.2) is 0 Å². The van der Waals surface area contributed by atoms with E-state index < -0.39 is 0 Å². The van der Waals surface area contributed by atoms with Gasteiger partial charge in [0, 0.05) is 35.4 Å². The van der Waals surface area contributed by atoms with E-state index in [1.54, 1.807) is 0 Å². The second-order valence-electron chi connectivity index (χ2n) is 10.8. The summed E-state index contributed by atoms with van der Waals surface area (Å²) in [6.45, 7) is 14.8. The number of anilines is 2. The van der Waals surface area contributed by atoms with Crippen LogP contribution >= 0.6 is 12.2 Å². The SMILES string of the molecule is CCC(=O)Nc1ccc(N2C(=S)N[C@@H](c3ccccn3)[C@@H]2c2cc(C)n(-c3c(C)cc(C)cc3C)c2C)cc1C. The zero-order valence-electron chi connectivity index (χ0n) is 24.3. The lowest BCUT2D eigenvalue weighted by atomic mass is 9.96. The number of amides is 1. The van der Waals surface area contributed by atoms with Crippen LogP contribution in [-0.4, -0.2) is 20.6 Å². The molecule has 1 amide bonds. The van der Waals surface area contributed by atoms with E-state index in [1.807, 2.05) is 44.3 Å². The van der Waals surface area contributed by atoms with E-state index >= 15 is 0 Å². The molecule has 0 radical (unpaired) electrons. The third kappa shape index (κ3) is 4.90. The lowest BCUT2D eigenvalue weighted by molar-refractivity contribution is -0.115. The minimum Gasteiger partial charge on any atom is -0.351 e. The van der Waals surface area contributed by atoms with Gasteiger partial charge in [-0.3, -0.25) is 9.78 Å². The minimum absolute atomic E-state index is 0.00330. The van der Waals surface area contributed by atoms with Gasteiger partial charge in [-0.2, -0.15) is 0 Å². The summed E-state index contributed by atoms with van der Waals surface area (Å²) in [7, 11) is 0. The van der Waals surface area contributed by atoms with Gasteiger partial charge in [-0.15, -0.1) is 0 Å². The molecule has 6 nitrogen and oxygen atoms in total. The van der Waals surface area contributed by atoms with E-state index in [-0.39, 0.29) is 18.0 Å². The quantitative estimate of drug-likeness (QED) is 0.247. The highest BCUT2D eigenvalue weighted by molar-refractivity contribution is 7.80. The number of carbonyl (C=O) groups excluding carboxylic acids is 1. The fraction of sp³-hybridized carbons (Fsp3) is 0.303. The number of thiocarbonyl (C=S) groups is 1. The lowest BCUT2D eigenvalue weighted by Gasteiger charge is -2.29. The first-order chi connectivity index (χ1) is 19.1. The maximum absolute atomic E-state index is 12.1. The molecular formula is C33H37N5OS. The van der Waals surface area contributed by atoms with Gasteiger partial charge < -0.3 is 20.1 Å². The number of hydrogen-bond donors (Lipinski definition) is 2. The summed E-state index contributed by atoms with van der Waals surface area (Å²) < 4.78 is 2.38. The van der Waals surface area contributed by atoms with Gasteiger partial charge in [0.25, 0.3) is 0 Å². The second kappa shape index (κ2) is 10.9. The van der Waals surface area contributed by atoms with Crippen molar-refractivity contribution in [2.24, 2.45) is 0 Å². The summed E-state index contributed by atoms with van der Waals surface area (Å²) in [6, 6.07) is 18.6. The molecule has 3 heterocycles. The van der Waals surface area contributed by atoms with E-state index in [0.29, 0.717) is 11.5 Å². The van der Waals surface area contributed by atoms with Crippen molar-refractivity contribution in [1.29, 1.82) is 0 Å². The number of nitrogens with zero attached hydrogens (tertiary/aromatic N) is 3. The normalized spacial score (nSPS) is 16.8. The molecule has 4 aromatic rings. The highest BCUT2D eigenvalue weighted by atomic mass is 32.1. The first-order valence-corrected chi connectivity index (χ1v) is 14.2. The number of aryl methyl sites for hydroxylation is 5. The van der Waals surface area contributed by atoms with Crippen molar-refractivity contribution < 1.29 is 4.79 Å². The number of hydrogen-bond acceptors (Lipinski definition) is 3. The average molecular weight is 552 g/mol. The van der Waals surface area contributed by atoms with Crippen molar-refractivity contribution in [2.45, 2.75) is 67.0 Å². The van der Waals surface area contributed by atoms with E-state index in [1.165, 1.54) is 39.3 Å². The zero-order chi connectivity index (χ0) is 28.7. The molecule has 2 aromatic heterocycles. The minimum atomic E-state index is -0.136. The van der Waals surface area contributed by atoms with Gasteiger partial charge in [0.15, 0.2) is 5.11 Å². The Labute approximate surface area is 242 Å². The first kappa shape index (κ1) is 27.6. The van der Waals surface area contributed by atoms with Crippen molar-refractivity contribution >= 4 is 34.6 Å². The van der Waals surface area contributed by atoms with Crippen LogP contribution in [0.1, 0.15) is 70.3 Å². The Morgan fingerprint density at radius 2 is 1.70 bits per heavy atom. The van der Waals surface area contributed by atoms with Crippen molar-refractivity contribution in [3.63, 3.8) is 0 Å². The van der Waals surface area contributed by atoms with Crippen LogP contribution in [0.25, 0.3) is 5.69 Å². The maximum atomic E-state index is 12.1. The maximum Gasteiger partial charge on any atom is 0.224 e. The van der Waals surface area contributed by atoms with Crippen molar-refractivity contribution in [2.75, 3.05) is 10.2 Å². The molecule has 2 aromatic carbocycles. The van der Waals surface area contributed by atoms with E-state index in [9.17, 15) is 4.79 Å². The van der Waals surface area contributed by atoms with Gasteiger partial charge in [-0.05, 0) is 112 Å². The van der Waals surface area contributed by atoms with Crippen molar-refractivity contribution in [3.05, 3.63) is 106 Å². The molecule has 206 valence electrons. The number of pyridine rings is 1. The molecule has 5 rings (SSSR count). The predicted octanol–water partition coefficient (Wildman–Crippen LogP) is 7.25. The molecule has 0 aliphatic carbocycles. The van der Waals surface area contributed by atoms with Crippen LogP contribution < -0.4 is 15.5 Å². The average Bonchev–Trinajstić information content (AvgIpc) is 3.40. The summed E-state index contributed by atoms with van der Waals surface area (Å²) >= 11 is 5.98. The van der Waals surface area contributed by atoms with Gasteiger partial charge in [0.1, 0.15) is 0 Å². The Hall–Kier alpha value is -3.97. The highest BCUT2D eigenvalue weighted by Crippen LogP contribution is 2.44. The van der Waals surface area contributed by atoms with Crippen LogP contribution in [0.4, 0.5) is 11.4 Å².